The average molecular weight is 396 g/mol. The van der Waals surface area contributed by atoms with E-state index in [1.807, 2.05) is 45.0 Å². The molecule has 0 fully saturated rings. The van der Waals surface area contributed by atoms with Gasteiger partial charge in [-0.15, -0.1) is 0 Å². The highest BCUT2D eigenvalue weighted by Gasteiger charge is 2.27. The van der Waals surface area contributed by atoms with Gasteiger partial charge in [-0.05, 0) is 42.7 Å². The summed E-state index contributed by atoms with van der Waals surface area (Å²) in [5.74, 6) is 0.941. The van der Waals surface area contributed by atoms with E-state index in [9.17, 15) is 9.59 Å². The number of hydrogen-bond acceptors (Lipinski definition) is 4. The molecule has 3 rings (SSSR count). The molecular formula is C23H28N2O4. The van der Waals surface area contributed by atoms with E-state index in [4.69, 9.17) is 9.47 Å². The van der Waals surface area contributed by atoms with Crippen LogP contribution >= 0.6 is 0 Å². The van der Waals surface area contributed by atoms with Crippen molar-refractivity contribution in [2.45, 2.75) is 39.3 Å². The fourth-order valence-corrected chi connectivity index (χ4v) is 3.23. The molecule has 2 N–H and O–H groups in total. The summed E-state index contributed by atoms with van der Waals surface area (Å²) >= 11 is 0. The normalized spacial score (nSPS) is 15.7. The molecule has 0 aromatic heterocycles. The number of amides is 2. The Morgan fingerprint density at radius 3 is 2.34 bits per heavy atom. The fraction of sp³-hybridized carbons (Fsp3) is 0.391. The van der Waals surface area contributed by atoms with E-state index in [1.165, 1.54) is 0 Å². The summed E-state index contributed by atoms with van der Waals surface area (Å²) in [5, 5.41) is 5.92. The number of hydrogen-bond donors (Lipinski definition) is 2. The third-order valence-electron chi connectivity index (χ3n) is 5.24. The molecule has 154 valence electrons. The first-order chi connectivity index (χ1) is 14.0. The summed E-state index contributed by atoms with van der Waals surface area (Å²) in [7, 11) is 0. The van der Waals surface area contributed by atoms with Gasteiger partial charge in [-0.2, -0.15) is 0 Å². The smallest absolute Gasteiger partial charge is 0.251 e. The molecule has 0 radical (unpaired) electrons. The van der Waals surface area contributed by atoms with Gasteiger partial charge in [-0.25, -0.2) is 0 Å². The van der Waals surface area contributed by atoms with E-state index in [2.05, 4.69) is 10.6 Å². The Labute approximate surface area is 171 Å². The number of carbonyl (C=O) groups is 2. The SMILES string of the molecule is CCC(C)C(NC(=O)c1ccccc1)C(=O)NC(C)c1ccc2c(c1)OCCO2. The van der Waals surface area contributed by atoms with Crippen LogP contribution in [0.25, 0.3) is 0 Å². The molecule has 1 aliphatic heterocycles. The van der Waals surface area contributed by atoms with Crippen LogP contribution in [0.2, 0.25) is 0 Å². The monoisotopic (exact) mass is 396 g/mol. The van der Waals surface area contributed by atoms with Crippen LogP contribution in [0.3, 0.4) is 0 Å². The van der Waals surface area contributed by atoms with E-state index < -0.39 is 6.04 Å². The van der Waals surface area contributed by atoms with Crippen molar-refractivity contribution in [3.63, 3.8) is 0 Å². The van der Waals surface area contributed by atoms with Crippen molar-refractivity contribution in [3.8, 4) is 11.5 Å². The number of carbonyl (C=O) groups excluding carboxylic acids is 2. The molecule has 2 aromatic carbocycles. The lowest BCUT2D eigenvalue weighted by Crippen LogP contribution is -2.50. The molecule has 0 saturated heterocycles. The molecule has 3 atom stereocenters. The van der Waals surface area contributed by atoms with Crippen LogP contribution in [0.5, 0.6) is 11.5 Å². The van der Waals surface area contributed by atoms with E-state index in [0.29, 0.717) is 30.3 Å². The number of ether oxygens (including phenoxy) is 2. The molecule has 2 aromatic rings. The zero-order valence-electron chi connectivity index (χ0n) is 17.1. The van der Waals surface area contributed by atoms with Crippen LogP contribution in [0.4, 0.5) is 0 Å². The van der Waals surface area contributed by atoms with Crippen LogP contribution < -0.4 is 20.1 Å². The molecule has 1 aliphatic rings. The minimum atomic E-state index is -0.618. The number of nitrogens with one attached hydrogen (secondary N) is 2. The molecule has 6 heteroatoms. The van der Waals surface area contributed by atoms with Gasteiger partial charge >= 0.3 is 0 Å². The summed E-state index contributed by atoms with van der Waals surface area (Å²) in [6.07, 6.45) is 0.769. The third kappa shape index (κ3) is 5.08. The minimum Gasteiger partial charge on any atom is -0.486 e. The van der Waals surface area contributed by atoms with Gasteiger partial charge in [0.1, 0.15) is 19.3 Å². The van der Waals surface area contributed by atoms with Gasteiger partial charge in [0.15, 0.2) is 11.5 Å². The predicted octanol–water partition coefficient (Wildman–Crippen LogP) is 3.48. The summed E-state index contributed by atoms with van der Waals surface area (Å²) in [5.41, 5.74) is 1.45. The van der Waals surface area contributed by atoms with Gasteiger partial charge in [0, 0.05) is 5.56 Å². The topological polar surface area (TPSA) is 76.7 Å². The Kier molecular flexibility index (Phi) is 6.75. The van der Waals surface area contributed by atoms with Crippen LogP contribution in [-0.2, 0) is 4.79 Å². The van der Waals surface area contributed by atoms with Gasteiger partial charge in [0.25, 0.3) is 5.91 Å². The highest BCUT2D eigenvalue weighted by molar-refractivity contribution is 5.97. The summed E-state index contributed by atoms with van der Waals surface area (Å²) in [6.45, 7) is 6.93. The first-order valence-corrected chi connectivity index (χ1v) is 10.1. The summed E-state index contributed by atoms with van der Waals surface area (Å²) in [6, 6.07) is 13.7. The Bertz CT molecular complexity index is 853. The zero-order chi connectivity index (χ0) is 20.8. The number of rotatable bonds is 7. The van der Waals surface area contributed by atoms with E-state index in [0.717, 1.165) is 12.0 Å². The summed E-state index contributed by atoms with van der Waals surface area (Å²) in [4.78, 5) is 25.6. The second-order valence-corrected chi connectivity index (χ2v) is 7.34. The van der Waals surface area contributed by atoms with Gasteiger partial charge < -0.3 is 20.1 Å². The predicted molar refractivity (Wildman–Crippen MR) is 111 cm³/mol. The fourth-order valence-electron chi connectivity index (χ4n) is 3.23. The molecule has 0 spiro atoms. The van der Waals surface area contributed by atoms with Crippen molar-refractivity contribution < 1.29 is 19.1 Å². The van der Waals surface area contributed by atoms with Crippen LogP contribution in [-0.4, -0.2) is 31.1 Å². The quantitative estimate of drug-likeness (QED) is 0.751. The van der Waals surface area contributed by atoms with E-state index in [-0.39, 0.29) is 23.8 Å². The van der Waals surface area contributed by atoms with Crippen molar-refractivity contribution in [2.24, 2.45) is 5.92 Å². The highest BCUT2D eigenvalue weighted by Crippen LogP contribution is 2.32. The van der Waals surface area contributed by atoms with Gasteiger partial charge in [0.2, 0.25) is 5.91 Å². The maximum Gasteiger partial charge on any atom is 0.251 e. The van der Waals surface area contributed by atoms with Gasteiger partial charge in [-0.1, -0.05) is 44.5 Å². The minimum absolute atomic E-state index is 0.00451. The van der Waals surface area contributed by atoms with Crippen molar-refractivity contribution in [1.82, 2.24) is 10.6 Å². The first kappa shape index (κ1) is 20.7. The molecule has 3 unspecified atom stereocenters. The zero-order valence-corrected chi connectivity index (χ0v) is 17.1. The highest BCUT2D eigenvalue weighted by atomic mass is 16.6. The van der Waals surface area contributed by atoms with Crippen molar-refractivity contribution in [1.29, 1.82) is 0 Å². The van der Waals surface area contributed by atoms with Crippen LogP contribution in [0, 0.1) is 5.92 Å². The van der Waals surface area contributed by atoms with Crippen molar-refractivity contribution >= 4 is 11.8 Å². The Morgan fingerprint density at radius 1 is 0.966 bits per heavy atom. The van der Waals surface area contributed by atoms with Gasteiger partial charge in [-0.3, -0.25) is 9.59 Å². The summed E-state index contributed by atoms with van der Waals surface area (Å²) < 4.78 is 11.2. The third-order valence-corrected chi connectivity index (χ3v) is 5.24. The lowest BCUT2D eigenvalue weighted by Gasteiger charge is -2.26. The molecule has 1 heterocycles. The molecule has 0 bridgehead atoms. The Balaban J connectivity index is 1.70. The Morgan fingerprint density at radius 2 is 1.66 bits per heavy atom. The molecular weight excluding hydrogens is 368 g/mol. The van der Waals surface area contributed by atoms with Crippen molar-refractivity contribution in [2.75, 3.05) is 13.2 Å². The molecule has 29 heavy (non-hydrogen) atoms. The standard InChI is InChI=1S/C23H28N2O4/c1-4-15(2)21(25-22(26)17-8-6-5-7-9-17)23(27)24-16(3)18-10-11-19-20(14-18)29-13-12-28-19/h5-11,14-16,21H,4,12-13H2,1-3H3,(H,24,27)(H,25,26). The van der Waals surface area contributed by atoms with E-state index in [1.54, 1.807) is 24.3 Å². The van der Waals surface area contributed by atoms with Crippen LogP contribution in [0.1, 0.15) is 49.2 Å². The maximum atomic E-state index is 13.0. The Hall–Kier alpha value is -3.02. The number of fused-ring (bicyclic) bond motifs is 1. The second kappa shape index (κ2) is 9.45. The van der Waals surface area contributed by atoms with E-state index >= 15 is 0 Å². The molecule has 0 saturated carbocycles. The molecule has 6 nitrogen and oxygen atoms in total. The second-order valence-electron chi connectivity index (χ2n) is 7.34. The molecule has 0 aliphatic carbocycles. The average Bonchev–Trinajstić information content (AvgIpc) is 2.76. The van der Waals surface area contributed by atoms with Crippen LogP contribution in [0.15, 0.2) is 48.5 Å². The van der Waals surface area contributed by atoms with Gasteiger partial charge in [0.05, 0.1) is 6.04 Å². The lowest BCUT2D eigenvalue weighted by atomic mass is 9.97. The lowest BCUT2D eigenvalue weighted by molar-refractivity contribution is -0.124. The first-order valence-electron chi connectivity index (χ1n) is 10.1. The largest absolute Gasteiger partial charge is 0.486 e. The molecule has 2 amide bonds. The maximum absolute atomic E-state index is 13.0. The van der Waals surface area contributed by atoms with Crippen molar-refractivity contribution in [3.05, 3.63) is 59.7 Å². The number of benzene rings is 2.